The number of sulfonamides is 1. The zero-order valence-electron chi connectivity index (χ0n) is 24.7. The molecule has 7 nitrogen and oxygen atoms in total. The lowest BCUT2D eigenvalue weighted by Crippen LogP contribution is -2.54. The van der Waals surface area contributed by atoms with Gasteiger partial charge in [-0.2, -0.15) is 0 Å². The number of halogens is 2. The Balaban J connectivity index is 1.92. The Labute approximate surface area is 259 Å². The molecule has 0 heterocycles. The van der Waals surface area contributed by atoms with Gasteiger partial charge in [0.15, 0.2) is 0 Å². The van der Waals surface area contributed by atoms with E-state index in [-0.39, 0.29) is 48.5 Å². The summed E-state index contributed by atoms with van der Waals surface area (Å²) in [7, 11) is -3.72. The Bertz CT molecular complexity index is 1490. The Hall–Kier alpha value is -3.07. The molecule has 226 valence electrons. The number of nitrogens with zero attached hydrogens (tertiary/aromatic N) is 2. The van der Waals surface area contributed by atoms with Crippen molar-refractivity contribution in [2.45, 2.75) is 65.1 Å². The van der Waals surface area contributed by atoms with Gasteiger partial charge in [-0.05, 0) is 63.4 Å². The normalized spacial score (nSPS) is 12.5. The summed E-state index contributed by atoms with van der Waals surface area (Å²) in [5.74, 6) is -0.511. The Kier molecular flexibility index (Phi) is 11.5. The van der Waals surface area contributed by atoms with E-state index in [0.29, 0.717) is 11.4 Å². The zero-order valence-corrected chi connectivity index (χ0v) is 27.1. The van der Waals surface area contributed by atoms with Crippen molar-refractivity contribution in [3.05, 3.63) is 99.5 Å². The van der Waals surface area contributed by atoms with Gasteiger partial charge in [-0.15, -0.1) is 0 Å². The fraction of sp³-hybridized carbons (Fsp3) is 0.375. The molecule has 0 radical (unpaired) electrons. The Morgan fingerprint density at radius 1 is 0.929 bits per heavy atom. The number of hydrogen-bond donors (Lipinski definition) is 1. The second-order valence-corrected chi connectivity index (χ2v) is 14.2. The van der Waals surface area contributed by atoms with Crippen LogP contribution < -0.4 is 9.62 Å². The molecule has 10 heteroatoms. The van der Waals surface area contributed by atoms with Gasteiger partial charge in [0.05, 0.1) is 17.0 Å². The third-order valence-corrected chi connectivity index (χ3v) is 8.27. The molecular weight excluding hydrogens is 593 g/mol. The molecule has 0 bridgehead atoms. The van der Waals surface area contributed by atoms with Gasteiger partial charge in [-0.3, -0.25) is 13.9 Å². The van der Waals surface area contributed by atoms with Gasteiger partial charge in [0.25, 0.3) is 0 Å². The predicted octanol–water partition coefficient (Wildman–Crippen LogP) is 6.40. The summed E-state index contributed by atoms with van der Waals surface area (Å²) in [4.78, 5) is 29.3. The number of rotatable bonds is 12. The lowest BCUT2D eigenvalue weighted by atomic mass is 10.00. The summed E-state index contributed by atoms with van der Waals surface area (Å²) in [6.07, 6.45) is 1.64. The Morgan fingerprint density at radius 2 is 1.60 bits per heavy atom. The van der Waals surface area contributed by atoms with Crippen molar-refractivity contribution in [3.63, 3.8) is 0 Å². The number of hydrogen-bond acceptors (Lipinski definition) is 4. The molecule has 0 unspecified atom stereocenters. The first kappa shape index (κ1) is 33.4. The zero-order chi connectivity index (χ0) is 31.1. The number of benzene rings is 3. The molecule has 2 amide bonds. The largest absolute Gasteiger partial charge is 0.350 e. The molecule has 0 aliphatic rings. The van der Waals surface area contributed by atoms with Crippen molar-refractivity contribution in [2.75, 3.05) is 17.1 Å². The standard InChI is InChI=1S/C32H39Cl2N3O4S/c1-23-11-9-14-25(19-23)22-36(29(31(39)35-32(2,3)4)20-24-12-7-6-8-13-24)30(38)15-10-18-37(42(5,40)41)28-21-26(33)16-17-27(28)34/h6-9,11-14,16-17,19,21,29H,10,15,18,20,22H2,1-5H3,(H,35,39)/t29-/m0/s1. The topological polar surface area (TPSA) is 86.8 Å². The average Bonchev–Trinajstić information content (AvgIpc) is 2.89. The number of nitrogens with one attached hydrogen (secondary N) is 1. The van der Waals surface area contributed by atoms with Crippen LogP contribution in [-0.4, -0.2) is 49.5 Å². The number of carbonyl (C=O) groups is 2. The molecule has 3 aromatic rings. The van der Waals surface area contributed by atoms with E-state index in [0.717, 1.165) is 27.3 Å². The van der Waals surface area contributed by atoms with Crippen molar-refractivity contribution in [2.24, 2.45) is 0 Å². The first-order valence-electron chi connectivity index (χ1n) is 13.8. The molecular formula is C32H39Cl2N3O4S. The molecule has 0 saturated heterocycles. The first-order valence-corrected chi connectivity index (χ1v) is 16.4. The number of anilines is 1. The summed E-state index contributed by atoms with van der Waals surface area (Å²) >= 11 is 12.4. The highest BCUT2D eigenvalue weighted by Gasteiger charge is 2.32. The summed E-state index contributed by atoms with van der Waals surface area (Å²) in [6, 6.07) is 21.2. The van der Waals surface area contributed by atoms with Crippen molar-refractivity contribution in [1.29, 1.82) is 0 Å². The second kappa shape index (κ2) is 14.4. The summed E-state index contributed by atoms with van der Waals surface area (Å²) in [5, 5.41) is 3.63. The van der Waals surface area contributed by atoms with E-state index in [9.17, 15) is 18.0 Å². The summed E-state index contributed by atoms with van der Waals surface area (Å²) < 4.78 is 26.5. The van der Waals surface area contributed by atoms with Gasteiger partial charge in [0, 0.05) is 36.5 Å². The van der Waals surface area contributed by atoms with Crippen molar-refractivity contribution < 1.29 is 18.0 Å². The maximum atomic E-state index is 14.0. The number of carbonyl (C=O) groups excluding carboxylic acids is 2. The number of aryl methyl sites for hydroxylation is 1. The maximum absolute atomic E-state index is 14.0. The van der Waals surface area contributed by atoms with Crippen molar-refractivity contribution in [3.8, 4) is 0 Å². The lowest BCUT2D eigenvalue weighted by molar-refractivity contribution is -0.142. The van der Waals surface area contributed by atoms with Crippen molar-refractivity contribution >= 4 is 50.7 Å². The SMILES string of the molecule is Cc1cccc(CN(C(=O)CCCN(c2cc(Cl)ccc2Cl)S(C)(=O)=O)[C@@H](Cc2ccccc2)C(=O)NC(C)(C)C)c1. The van der Waals surface area contributed by atoms with Gasteiger partial charge in [0.2, 0.25) is 21.8 Å². The molecule has 0 aliphatic heterocycles. The van der Waals surface area contributed by atoms with Crippen LogP contribution >= 0.6 is 23.2 Å². The van der Waals surface area contributed by atoms with E-state index in [1.807, 2.05) is 82.3 Å². The minimum Gasteiger partial charge on any atom is -0.350 e. The minimum absolute atomic E-state index is 0.0143. The average molecular weight is 633 g/mol. The lowest BCUT2D eigenvalue weighted by Gasteiger charge is -2.34. The molecule has 0 aromatic heterocycles. The van der Waals surface area contributed by atoms with Gasteiger partial charge in [0.1, 0.15) is 6.04 Å². The molecule has 1 N–H and O–H groups in total. The molecule has 0 saturated carbocycles. The van der Waals surface area contributed by atoms with Crippen LogP contribution in [-0.2, 0) is 32.6 Å². The van der Waals surface area contributed by atoms with Gasteiger partial charge < -0.3 is 10.2 Å². The highest BCUT2D eigenvalue weighted by Crippen LogP contribution is 2.31. The van der Waals surface area contributed by atoms with Crippen LogP contribution in [0.15, 0.2) is 72.8 Å². The minimum atomic E-state index is -3.72. The molecule has 42 heavy (non-hydrogen) atoms. The Morgan fingerprint density at radius 3 is 2.21 bits per heavy atom. The third-order valence-electron chi connectivity index (χ3n) is 6.53. The van der Waals surface area contributed by atoms with Crippen LogP contribution in [0.1, 0.15) is 50.3 Å². The molecule has 3 rings (SSSR count). The molecule has 1 atom stereocenters. The van der Waals surface area contributed by atoms with Crippen molar-refractivity contribution in [1.82, 2.24) is 10.2 Å². The van der Waals surface area contributed by atoms with E-state index >= 15 is 0 Å². The molecule has 3 aromatic carbocycles. The van der Waals surface area contributed by atoms with E-state index in [1.165, 1.54) is 12.1 Å². The van der Waals surface area contributed by atoms with Crippen LogP contribution in [0.25, 0.3) is 0 Å². The molecule has 0 fully saturated rings. The van der Waals surface area contributed by atoms with Crippen LogP contribution in [0, 0.1) is 6.92 Å². The van der Waals surface area contributed by atoms with E-state index in [1.54, 1.807) is 11.0 Å². The van der Waals surface area contributed by atoms with Crippen LogP contribution in [0.5, 0.6) is 0 Å². The highest BCUT2D eigenvalue weighted by molar-refractivity contribution is 7.92. The smallest absolute Gasteiger partial charge is 0.243 e. The summed E-state index contributed by atoms with van der Waals surface area (Å²) in [6.45, 7) is 7.92. The fourth-order valence-electron chi connectivity index (χ4n) is 4.67. The quantitative estimate of drug-likeness (QED) is 0.250. The van der Waals surface area contributed by atoms with E-state index < -0.39 is 21.6 Å². The van der Waals surface area contributed by atoms with E-state index in [4.69, 9.17) is 23.2 Å². The monoisotopic (exact) mass is 631 g/mol. The van der Waals surface area contributed by atoms with Gasteiger partial charge in [-0.1, -0.05) is 83.4 Å². The van der Waals surface area contributed by atoms with Crippen LogP contribution in [0.2, 0.25) is 10.0 Å². The van der Waals surface area contributed by atoms with Crippen LogP contribution in [0.4, 0.5) is 5.69 Å². The summed E-state index contributed by atoms with van der Waals surface area (Å²) in [5.41, 5.74) is 2.61. The van der Waals surface area contributed by atoms with Gasteiger partial charge >= 0.3 is 0 Å². The third kappa shape index (κ3) is 10.0. The predicted molar refractivity (Wildman–Crippen MR) is 171 cm³/mol. The van der Waals surface area contributed by atoms with E-state index in [2.05, 4.69) is 5.32 Å². The number of amides is 2. The van der Waals surface area contributed by atoms with Gasteiger partial charge in [-0.25, -0.2) is 8.42 Å². The molecule has 0 spiro atoms. The second-order valence-electron chi connectivity index (χ2n) is 11.5. The van der Waals surface area contributed by atoms with Crippen LogP contribution in [0.3, 0.4) is 0 Å². The molecule has 0 aliphatic carbocycles. The first-order chi connectivity index (χ1) is 19.6. The maximum Gasteiger partial charge on any atom is 0.243 e. The highest BCUT2D eigenvalue weighted by atomic mass is 35.5. The fourth-order valence-corrected chi connectivity index (χ4v) is 6.08.